The van der Waals surface area contributed by atoms with E-state index in [4.69, 9.17) is 0 Å². The van der Waals surface area contributed by atoms with Gasteiger partial charge in [0, 0.05) is 16.6 Å². The van der Waals surface area contributed by atoms with Gasteiger partial charge in [-0.1, -0.05) is 55.3 Å². The van der Waals surface area contributed by atoms with E-state index in [1.54, 1.807) is 0 Å². The van der Waals surface area contributed by atoms with Crippen molar-refractivity contribution in [3.63, 3.8) is 0 Å². The van der Waals surface area contributed by atoms with Gasteiger partial charge in [-0.25, -0.2) is 0 Å². The van der Waals surface area contributed by atoms with Crippen molar-refractivity contribution in [1.82, 2.24) is 5.32 Å². The zero-order valence-electron chi connectivity index (χ0n) is 11.7. The van der Waals surface area contributed by atoms with E-state index in [9.17, 15) is 0 Å². The molecular formula is C16H24BrN. The predicted molar refractivity (Wildman–Crippen MR) is 81.7 cm³/mol. The molecule has 1 aliphatic rings. The van der Waals surface area contributed by atoms with Gasteiger partial charge in [0.25, 0.3) is 0 Å². The molecule has 2 unspecified atom stereocenters. The van der Waals surface area contributed by atoms with E-state index in [0.717, 1.165) is 6.42 Å². The summed E-state index contributed by atoms with van der Waals surface area (Å²) < 4.78 is 1.17. The highest BCUT2D eigenvalue weighted by atomic mass is 79.9. The van der Waals surface area contributed by atoms with Crippen molar-refractivity contribution >= 4 is 15.9 Å². The van der Waals surface area contributed by atoms with Crippen LogP contribution in [0.3, 0.4) is 0 Å². The quantitative estimate of drug-likeness (QED) is 0.819. The van der Waals surface area contributed by atoms with Crippen LogP contribution in [-0.2, 0) is 0 Å². The number of rotatable bonds is 4. The Morgan fingerprint density at radius 3 is 2.78 bits per heavy atom. The summed E-state index contributed by atoms with van der Waals surface area (Å²) in [6.07, 6.45) is 5.17. The minimum atomic E-state index is 0.444. The van der Waals surface area contributed by atoms with Crippen molar-refractivity contribution in [2.45, 2.75) is 58.5 Å². The Hall–Kier alpha value is -0.340. The van der Waals surface area contributed by atoms with Crippen LogP contribution in [0.25, 0.3) is 0 Å². The third kappa shape index (κ3) is 3.16. The Morgan fingerprint density at radius 1 is 1.44 bits per heavy atom. The van der Waals surface area contributed by atoms with Gasteiger partial charge in [-0.2, -0.15) is 0 Å². The molecule has 0 radical (unpaired) electrons. The largest absolute Gasteiger partial charge is 0.307 e. The Balaban J connectivity index is 2.10. The number of hydrogen-bond acceptors (Lipinski definition) is 1. The molecule has 2 atom stereocenters. The summed E-state index contributed by atoms with van der Waals surface area (Å²) in [5, 5.41) is 3.88. The molecule has 1 aromatic rings. The summed E-state index contributed by atoms with van der Waals surface area (Å²) in [6.45, 7) is 7.05. The van der Waals surface area contributed by atoms with Crippen LogP contribution in [0, 0.1) is 5.41 Å². The molecule has 0 saturated heterocycles. The molecule has 100 valence electrons. The van der Waals surface area contributed by atoms with Crippen LogP contribution < -0.4 is 5.32 Å². The third-order valence-corrected chi connectivity index (χ3v) is 4.81. The normalized spacial score (nSPS) is 24.1. The highest BCUT2D eigenvalue weighted by molar-refractivity contribution is 9.10. The van der Waals surface area contributed by atoms with Crippen LogP contribution in [0.2, 0.25) is 0 Å². The highest BCUT2D eigenvalue weighted by Gasteiger charge is 2.35. The van der Waals surface area contributed by atoms with E-state index in [0.29, 0.717) is 17.5 Å². The predicted octanol–water partition coefficient (Wildman–Crippen LogP) is 5.07. The van der Waals surface area contributed by atoms with E-state index in [-0.39, 0.29) is 0 Å². The molecule has 1 nitrogen and oxygen atoms in total. The van der Waals surface area contributed by atoms with Crippen molar-refractivity contribution < 1.29 is 0 Å². The van der Waals surface area contributed by atoms with Crippen LogP contribution in [0.1, 0.15) is 58.1 Å². The van der Waals surface area contributed by atoms with Gasteiger partial charge < -0.3 is 5.32 Å². The van der Waals surface area contributed by atoms with Crippen LogP contribution >= 0.6 is 15.9 Å². The fourth-order valence-electron chi connectivity index (χ4n) is 3.05. The van der Waals surface area contributed by atoms with E-state index in [1.807, 2.05) is 0 Å². The number of benzene rings is 1. The van der Waals surface area contributed by atoms with Crippen LogP contribution in [0.4, 0.5) is 0 Å². The standard InChI is InChI=1S/C16H24BrN/c1-4-14(12-7-5-8-13(17)11-12)18-15-9-6-10-16(15,2)3/h5,7-8,11,14-15,18H,4,6,9-10H2,1-3H3. The van der Waals surface area contributed by atoms with Crippen molar-refractivity contribution in [3.8, 4) is 0 Å². The van der Waals surface area contributed by atoms with Crippen LogP contribution in [0.5, 0.6) is 0 Å². The van der Waals surface area contributed by atoms with Crippen molar-refractivity contribution in [1.29, 1.82) is 0 Å². The minimum absolute atomic E-state index is 0.444. The van der Waals surface area contributed by atoms with Crippen LogP contribution in [-0.4, -0.2) is 6.04 Å². The van der Waals surface area contributed by atoms with Crippen molar-refractivity contribution in [2.75, 3.05) is 0 Å². The Labute approximate surface area is 119 Å². The second-order valence-electron chi connectivity index (χ2n) is 6.12. The fraction of sp³-hybridized carbons (Fsp3) is 0.625. The minimum Gasteiger partial charge on any atom is -0.307 e. The van der Waals surface area contributed by atoms with Crippen molar-refractivity contribution in [3.05, 3.63) is 34.3 Å². The van der Waals surface area contributed by atoms with Gasteiger partial charge in [-0.3, -0.25) is 0 Å². The second-order valence-corrected chi connectivity index (χ2v) is 7.03. The van der Waals surface area contributed by atoms with E-state index in [1.165, 1.54) is 29.3 Å². The first-order chi connectivity index (χ1) is 8.53. The topological polar surface area (TPSA) is 12.0 Å². The van der Waals surface area contributed by atoms with Gasteiger partial charge in [0.15, 0.2) is 0 Å². The average molecular weight is 310 g/mol. The molecule has 1 aromatic carbocycles. The van der Waals surface area contributed by atoms with Gasteiger partial charge in [0.2, 0.25) is 0 Å². The molecule has 0 aliphatic heterocycles. The molecule has 0 aromatic heterocycles. The average Bonchev–Trinajstić information content (AvgIpc) is 2.65. The fourth-order valence-corrected chi connectivity index (χ4v) is 3.47. The molecular weight excluding hydrogens is 286 g/mol. The van der Waals surface area contributed by atoms with Gasteiger partial charge in [0.05, 0.1) is 0 Å². The molecule has 1 fully saturated rings. The lowest BCUT2D eigenvalue weighted by Crippen LogP contribution is -2.39. The second kappa shape index (κ2) is 5.75. The summed E-state index contributed by atoms with van der Waals surface area (Å²) in [5.41, 5.74) is 1.84. The van der Waals surface area contributed by atoms with Crippen LogP contribution in [0.15, 0.2) is 28.7 Å². The Morgan fingerprint density at radius 2 is 2.22 bits per heavy atom. The first-order valence-electron chi connectivity index (χ1n) is 7.04. The molecule has 18 heavy (non-hydrogen) atoms. The molecule has 2 rings (SSSR count). The van der Waals surface area contributed by atoms with Gasteiger partial charge in [-0.05, 0) is 42.4 Å². The van der Waals surface area contributed by atoms with Gasteiger partial charge in [-0.15, -0.1) is 0 Å². The monoisotopic (exact) mass is 309 g/mol. The zero-order chi connectivity index (χ0) is 13.2. The SMILES string of the molecule is CCC(NC1CCCC1(C)C)c1cccc(Br)c1. The molecule has 1 saturated carbocycles. The molecule has 1 N–H and O–H groups in total. The molecule has 0 bridgehead atoms. The van der Waals surface area contributed by atoms with Gasteiger partial charge in [0.1, 0.15) is 0 Å². The number of nitrogens with one attached hydrogen (secondary N) is 1. The number of halogens is 1. The summed E-state index contributed by atoms with van der Waals surface area (Å²) >= 11 is 3.57. The van der Waals surface area contributed by atoms with Crippen molar-refractivity contribution in [2.24, 2.45) is 5.41 Å². The highest BCUT2D eigenvalue weighted by Crippen LogP contribution is 2.38. The Kier molecular flexibility index (Phi) is 4.50. The molecule has 1 aliphatic carbocycles. The van der Waals surface area contributed by atoms with E-state index >= 15 is 0 Å². The maximum Gasteiger partial charge on any atom is 0.0320 e. The summed E-state index contributed by atoms with van der Waals surface area (Å²) in [7, 11) is 0. The summed E-state index contributed by atoms with van der Waals surface area (Å²) in [5.74, 6) is 0. The third-order valence-electron chi connectivity index (χ3n) is 4.32. The first kappa shape index (κ1) is 14.1. The van der Waals surface area contributed by atoms with E-state index in [2.05, 4.69) is 66.3 Å². The lowest BCUT2D eigenvalue weighted by atomic mass is 9.86. The lowest BCUT2D eigenvalue weighted by molar-refractivity contribution is 0.259. The Bertz CT molecular complexity index is 400. The first-order valence-corrected chi connectivity index (χ1v) is 7.84. The lowest BCUT2D eigenvalue weighted by Gasteiger charge is -2.32. The maximum absolute atomic E-state index is 3.88. The smallest absolute Gasteiger partial charge is 0.0320 e. The molecule has 2 heteroatoms. The molecule has 0 amide bonds. The summed E-state index contributed by atoms with van der Waals surface area (Å²) in [6, 6.07) is 9.82. The van der Waals surface area contributed by atoms with Gasteiger partial charge >= 0.3 is 0 Å². The molecule has 0 spiro atoms. The zero-order valence-corrected chi connectivity index (χ0v) is 13.3. The number of hydrogen-bond donors (Lipinski definition) is 1. The molecule has 0 heterocycles. The maximum atomic E-state index is 3.88. The van der Waals surface area contributed by atoms with E-state index < -0.39 is 0 Å². The summed E-state index contributed by atoms with van der Waals surface area (Å²) in [4.78, 5) is 0.